The minimum absolute atomic E-state index is 0.595. The van der Waals surface area contributed by atoms with Crippen LogP contribution in [0.1, 0.15) is 51.1 Å². The fourth-order valence-electron chi connectivity index (χ4n) is 2.72. The Kier molecular flexibility index (Phi) is 5.00. The molecule has 0 aromatic carbocycles. The van der Waals surface area contributed by atoms with E-state index in [-0.39, 0.29) is 0 Å². The van der Waals surface area contributed by atoms with Crippen LogP contribution in [0.3, 0.4) is 0 Å². The second-order valence-electron chi connectivity index (χ2n) is 5.10. The lowest BCUT2D eigenvalue weighted by Gasteiger charge is -2.24. The maximum absolute atomic E-state index is 4.52. The van der Waals surface area contributed by atoms with Crippen molar-refractivity contribution in [3.05, 3.63) is 23.9 Å². The summed E-state index contributed by atoms with van der Waals surface area (Å²) in [6.45, 7) is 7.88. The van der Waals surface area contributed by atoms with Crippen LogP contribution in [0.25, 0.3) is 0 Å². The zero-order valence-corrected chi connectivity index (χ0v) is 11.7. The Morgan fingerprint density at radius 1 is 1.33 bits per heavy atom. The maximum atomic E-state index is 4.52. The van der Waals surface area contributed by atoms with Gasteiger partial charge in [-0.15, -0.1) is 0 Å². The number of likely N-dealkylation sites (tertiary alicyclic amines) is 1. The third-order valence-electron chi connectivity index (χ3n) is 3.60. The molecule has 1 saturated heterocycles. The van der Waals surface area contributed by atoms with Crippen LogP contribution in [0, 0.1) is 0 Å². The molecule has 0 saturated carbocycles. The smallest absolute Gasteiger partial charge is 0.125 e. The number of anilines is 1. The zero-order valence-electron chi connectivity index (χ0n) is 11.7. The summed E-state index contributed by atoms with van der Waals surface area (Å²) in [5.74, 6) is 1.00. The van der Waals surface area contributed by atoms with Gasteiger partial charge in [0.2, 0.25) is 0 Å². The summed E-state index contributed by atoms with van der Waals surface area (Å²) in [6, 6.07) is 4.95. The van der Waals surface area contributed by atoms with E-state index < -0.39 is 0 Å². The van der Waals surface area contributed by atoms with Gasteiger partial charge in [0, 0.05) is 18.8 Å². The number of nitrogens with one attached hydrogen (secondary N) is 1. The first-order valence-electron chi connectivity index (χ1n) is 7.29. The Hall–Kier alpha value is -1.09. The molecular formula is C15H25N3. The second kappa shape index (κ2) is 6.74. The lowest BCUT2D eigenvalue weighted by atomic mass is 10.1. The summed E-state index contributed by atoms with van der Waals surface area (Å²) in [5, 5.41) is 3.32. The highest BCUT2D eigenvalue weighted by Gasteiger charge is 2.25. The average Bonchev–Trinajstić information content (AvgIpc) is 2.86. The van der Waals surface area contributed by atoms with Gasteiger partial charge in [-0.2, -0.15) is 0 Å². The lowest BCUT2D eigenvalue weighted by Crippen LogP contribution is -2.24. The maximum Gasteiger partial charge on any atom is 0.125 e. The fourth-order valence-corrected chi connectivity index (χ4v) is 2.72. The van der Waals surface area contributed by atoms with Crippen molar-refractivity contribution in [2.75, 3.05) is 25.0 Å². The molecule has 1 aliphatic rings. The first-order valence-corrected chi connectivity index (χ1v) is 7.29. The largest absolute Gasteiger partial charge is 0.370 e. The molecule has 1 aliphatic heterocycles. The molecule has 18 heavy (non-hydrogen) atoms. The van der Waals surface area contributed by atoms with Crippen LogP contribution in [0.15, 0.2) is 18.3 Å². The van der Waals surface area contributed by atoms with Crippen molar-refractivity contribution in [1.29, 1.82) is 0 Å². The number of pyridine rings is 1. The number of nitrogens with zero attached hydrogens (tertiary/aromatic N) is 2. The average molecular weight is 247 g/mol. The molecule has 100 valence electrons. The Labute approximate surface area is 111 Å². The minimum Gasteiger partial charge on any atom is -0.370 e. The monoisotopic (exact) mass is 247 g/mol. The van der Waals surface area contributed by atoms with E-state index in [9.17, 15) is 0 Å². The van der Waals surface area contributed by atoms with Crippen LogP contribution in [-0.2, 0) is 0 Å². The molecule has 1 aromatic heterocycles. The van der Waals surface area contributed by atoms with E-state index in [0.717, 1.165) is 18.8 Å². The predicted molar refractivity (Wildman–Crippen MR) is 76.9 cm³/mol. The quantitative estimate of drug-likeness (QED) is 0.834. The Morgan fingerprint density at radius 3 is 2.89 bits per heavy atom. The zero-order chi connectivity index (χ0) is 12.8. The number of hydrogen-bond acceptors (Lipinski definition) is 3. The van der Waals surface area contributed by atoms with Crippen LogP contribution >= 0.6 is 0 Å². The molecule has 0 unspecified atom stereocenters. The first-order chi connectivity index (χ1) is 8.85. The number of hydrogen-bond donors (Lipinski definition) is 1. The van der Waals surface area contributed by atoms with Gasteiger partial charge >= 0.3 is 0 Å². The molecule has 0 bridgehead atoms. The first kappa shape index (κ1) is 13.3. The van der Waals surface area contributed by atoms with Gasteiger partial charge in [-0.3, -0.25) is 4.90 Å². The molecule has 0 radical (unpaired) electrons. The molecule has 1 aromatic rings. The van der Waals surface area contributed by atoms with Crippen LogP contribution in [-0.4, -0.2) is 29.5 Å². The third kappa shape index (κ3) is 3.22. The molecule has 3 nitrogen and oxygen atoms in total. The fraction of sp³-hybridized carbons (Fsp3) is 0.667. The highest BCUT2D eigenvalue weighted by Crippen LogP contribution is 2.31. The molecule has 0 amide bonds. The van der Waals surface area contributed by atoms with Gasteiger partial charge in [0.1, 0.15) is 5.82 Å². The van der Waals surface area contributed by atoms with Crippen molar-refractivity contribution in [3.63, 3.8) is 0 Å². The predicted octanol–water partition coefficient (Wildman–Crippen LogP) is 3.45. The molecule has 2 rings (SSSR count). The van der Waals surface area contributed by atoms with Crippen molar-refractivity contribution in [1.82, 2.24) is 9.88 Å². The van der Waals surface area contributed by atoms with E-state index in [0.29, 0.717) is 6.04 Å². The molecular weight excluding hydrogens is 222 g/mol. The van der Waals surface area contributed by atoms with Crippen LogP contribution in [0.5, 0.6) is 0 Å². The molecule has 1 atom stereocenters. The molecule has 2 heterocycles. The Balaban J connectivity index is 1.99. The highest BCUT2D eigenvalue weighted by molar-refractivity contribution is 5.36. The van der Waals surface area contributed by atoms with E-state index in [2.05, 4.69) is 47.4 Å². The summed E-state index contributed by atoms with van der Waals surface area (Å²) in [5.41, 5.74) is 1.38. The number of aromatic nitrogens is 1. The van der Waals surface area contributed by atoms with E-state index in [4.69, 9.17) is 0 Å². The van der Waals surface area contributed by atoms with Crippen LogP contribution < -0.4 is 5.32 Å². The summed E-state index contributed by atoms with van der Waals surface area (Å²) >= 11 is 0. The summed E-state index contributed by atoms with van der Waals surface area (Å²) < 4.78 is 0. The van der Waals surface area contributed by atoms with Crippen molar-refractivity contribution < 1.29 is 0 Å². The van der Waals surface area contributed by atoms with Crippen molar-refractivity contribution in [2.45, 2.75) is 45.6 Å². The summed E-state index contributed by atoms with van der Waals surface area (Å²) in [7, 11) is 0. The molecule has 0 spiro atoms. The summed E-state index contributed by atoms with van der Waals surface area (Å²) in [6.07, 6.45) is 7.02. The van der Waals surface area contributed by atoms with Gasteiger partial charge in [-0.25, -0.2) is 4.98 Å². The van der Waals surface area contributed by atoms with Crippen molar-refractivity contribution >= 4 is 5.82 Å². The number of rotatable bonds is 6. The highest BCUT2D eigenvalue weighted by atomic mass is 15.2. The standard InChI is InChI=1S/C15H25N3/c1-3-9-16-15-8-7-13(12-17-15)14-6-5-11-18(14)10-4-2/h7-8,12,14H,3-6,9-11H2,1-2H3,(H,16,17)/t14-/m0/s1. The molecule has 0 aliphatic carbocycles. The van der Waals surface area contributed by atoms with E-state index in [1.54, 1.807) is 0 Å². The summed E-state index contributed by atoms with van der Waals surface area (Å²) in [4.78, 5) is 7.11. The van der Waals surface area contributed by atoms with Gasteiger partial charge in [0.15, 0.2) is 0 Å². The molecule has 1 N–H and O–H groups in total. The van der Waals surface area contributed by atoms with E-state index >= 15 is 0 Å². The van der Waals surface area contributed by atoms with E-state index in [1.165, 1.54) is 37.9 Å². The SMILES string of the molecule is CCCNc1ccc([C@@H]2CCCN2CCC)cn1. The van der Waals surface area contributed by atoms with Gasteiger partial charge in [-0.1, -0.05) is 19.9 Å². The van der Waals surface area contributed by atoms with Gasteiger partial charge in [-0.05, 0) is 50.4 Å². The van der Waals surface area contributed by atoms with Gasteiger partial charge in [0.25, 0.3) is 0 Å². The van der Waals surface area contributed by atoms with Crippen molar-refractivity contribution in [3.8, 4) is 0 Å². The normalized spacial score (nSPS) is 20.2. The molecule has 1 fully saturated rings. The lowest BCUT2D eigenvalue weighted by molar-refractivity contribution is 0.257. The van der Waals surface area contributed by atoms with E-state index in [1.807, 2.05) is 0 Å². The molecule has 3 heteroatoms. The second-order valence-corrected chi connectivity index (χ2v) is 5.10. The Bertz CT molecular complexity index is 347. The van der Waals surface area contributed by atoms with Crippen LogP contribution in [0.4, 0.5) is 5.82 Å². The van der Waals surface area contributed by atoms with Gasteiger partial charge in [0.05, 0.1) is 0 Å². The third-order valence-corrected chi connectivity index (χ3v) is 3.60. The van der Waals surface area contributed by atoms with Crippen molar-refractivity contribution in [2.24, 2.45) is 0 Å². The van der Waals surface area contributed by atoms with Gasteiger partial charge < -0.3 is 5.32 Å². The Morgan fingerprint density at radius 2 is 2.22 bits per heavy atom. The minimum atomic E-state index is 0.595. The topological polar surface area (TPSA) is 28.2 Å². The van der Waals surface area contributed by atoms with Crippen LogP contribution in [0.2, 0.25) is 0 Å².